The predicted octanol–water partition coefficient (Wildman–Crippen LogP) is 10.1. The molecule has 10 rings (SSSR count). The minimum atomic E-state index is -1.38. The number of benzene rings is 4. The number of hydrogen-bond acceptors (Lipinski definition) is 7. The van der Waals surface area contributed by atoms with Crippen molar-refractivity contribution >= 4 is 34.2 Å². The molecule has 8 nitrogen and oxygen atoms in total. The van der Waals surface area contributed by atoms with Crippen molar-refractivity contribution in [2.45, 2.75) is 83.5 Å². The first kappa shape index (κ1) is 40.7. The first-order valence-corrected chi connectivity index (χ1v) is 21.5. The van der Waals surface area contributed by atoms with E-state index in [2.05, 4.69) is 32.1 Å². The lowest BCUT2D eigenvalue weighted by molar-refractivity contribution is -0.178. The molecular weight excluding hydrogens is 781 g/mol. The summed E-state index contributed by atoms with van der Waals surface area (Å²) in [7, 11) is 3.15. The van der Waals surface area contributed by atoms with Gasteiger partial charge in [0.1, 0.15) is 23.1 Å². The second-order valence-electron chi connectivity index (χ2n) is 18.5. The SMILES string of the molecule is COc1ccc(CN(CC2(O)CCC3C45C=CC6(C=C4C(=O)Cc4c(F)cccc4Cl)CC(O)CCC6(C)C5CCC32C)C(=O)Oc2ccc3ccccc3c2)c(OC)c1. The largest absolute Gasteiger partial charge is 0.497 e. The monoisotopic (exact) mass is 833 g/mol. The molecule has 60 heavy (non-hydrogen) atoms. The second-order valence-corrected chi connectivity index (χ2v) is 18.9. The van der Waals surface area contributed by atoms with Gasteiger partial charge in [-0.3, -0.25) is 4.79 Å². The fraction of sp³-hybridized carbons (Fsp3) is 0.440. The Bertz CT molecular complexity index is 2430. The van der Waals surface area contributed by atoms with Crippen molar-refractivity contribution in [1.29, 1.82) is 0 Å². The third-order valence-corrected chi connectivity index (χ3v) is 16.3. The predicted molar refractivity (Wildman–Crippen MR) is 229 cm³/mol. The van der Waals surface area contributed by atoms with Crippen LogP contribution in [0.1, 0.15) is 69.9 Å². The summed E-state index contributed by atoms with van der Waals surface area (Å²) in [6.07, 6.45) is 9.66. The summed E-state index contributed by atoms with van der Waals surface area (Å²) in [4.78, 5) is 31.0. The number of fused-ring (bicyclic) bond motifs is 2. The molecule has 4 aromatic rings. The molecule has 0 radical (unpaired) electrons. The Hall–Kier alpha value is -4.70. The quantitative estimate of drug-likeness (QED) is 0.153. The Morgan fingerprint density at radius 1 is 0.850 bits per heavy atom. The number of nitrogens with zero attached hydrogens (tertiary/aromatic N) is 1. The molecule has 6 aliphatic rings. The van der Waals surface area contributed by atoms with Crippen molar-refractivity contribution in [3.8, 4) is 17.2 Å². The zero-order chi connectivity index (χ0) is 42.2. The van der Waals surface area contributed by atoms with Crippen LogP contribution >= 0.6 is 11.6 Å². The number of hydrogen-bond donors (Lipinski definition) is 2. The highest BCUT2D eigenvalue weighted by Crippen LogP contribution is 2.78. The zero-order valence-electron chi connectivity index (χ0n) is 34.7. The van der Waals surface area contributed by atoms with E-state index < -0.39 is 39.9 Å². The molecule has 0 heterocycles. The van der Waals surface area contributed by atoms with E-state index in [1.165, 1.54) is 12.1 Å². The van der Waals surface area contributed by atoms with Gasteiger partial charge in [-0.05, 0) is 109 Å². The van der Waals surface area contributed by atoms with Crippen LogP contribution in [0.3, 0.4) is 0 Å². The van der Waals surface area contributed by atoms with Gasteiger partial charge in [-0.2, -0.15) is 0 Å². The van der Waals surface area contributed by atoms with Gasteiger partial charge in [0.2, 0.25) is 0 Å². The van der Waals surface area contributed by atoms with Gasteiger partial charge in [-0.1, -0.05) is 80.1 Å². The van der Waals surface area contributed by atoms with Crippen LogP contribution in [-0.2, 0) is 17.8 Å². The summed E-state index contributed by atoms with van der Waals surface area (Å²) in [6, 6.07) is 23.3. The van der Waals surface area contributed by atoms with Crippen LogP contribution in [0.5, 0.6) is 17.2 Å². The molecule has 314 valence electrons. The number of methoxy groups -OCH3 is 2. The standard InChI is InChI=1S/C50H53ClFNO7/c1-46-19-16-34(54)27-48(46)22-23-50(38(28-48)41(55)26-37-39(51)10-7-11-40(37)52)43(46)17-20-47(2)44(50)18-21-49(47,57)30-53(29-33-13-14-35(58-3)25-42(33)59-4)45(56)60-36-15-12-31-8-5-6-9-32(31)24-36/h5-15,22-25,28,34,43-44,54,57H,16-21,26-27,29-30H2,1-4H3. The summed E-state index contributed by atoms with van der Waals surface area (Å²) < 4.78 is 32.6. The molecular formula is C50H53ClFNO7. The van der Waals surface area contributed by atoms with Gasteiger partial charge in [0.25, 0.3) is 0 Å². The van der Waals surface area contributed by atoms with Gasteiger partial charge in [-0.25, -0.2) is 9.18 Å². The number of Topliss-reactive ketones (excluding diaryl/α,β-unsaturated/α-hetero) is 1. The molecule has 4 aromatic carbocycles. The van der Waals surface area contributed by atoms with Crippen LogP contribution in [-0.4, -0.2) is 59.5 Å². The van der Waals surface area contributed by atoms with Crippen LogP contribution in [0.2, 0.25) is 5.02 Å². The number of ether oxygens (including phenoxy) is 3. The average Bonchev–Trinajstić information content (AvgIpc) is 3.51. The molecule has 3 saturated carbocycles. The van der Waals surface area contributed by atoms with Crippen molar-refractivity contribution < 1.29 is 38.4 Å². The maximum atomic E-state index is 15.3. The number of halogens is 2. The molecule has 0 aromatic heterocycles. The lowest BCUT2D eigenvalue weighted by Crippen LogP contribution is -2.67. The molecule has 2 bridgehead atoms. The van der Waals surface area contributed by atoms with Gasteiger partial charge in [0.05, 0.1) is 39.0 Å². The molecule has 2 N–H and O–H groups in total. The van der Waals surface area contributed by atoms with Gasteiger partial charge in [-0.15, -0.1) is 0 Å². The molecule has 2 spiro atoms. The Balaban J connectivity index is 1.10. The lowest BCUT2D eigenvalue weighted by Gasteiger charge is -2.71. The van der Waals surface area contributed by atoms with Crippen LogP contribution < -0.4 is 14.2 Å². The minimum Gasteiger partial charge on any atom is -0.497 e. The number of allylic oxidation sites excluding steroid dienone is 4. The van der Waals surface area contributed by atoms with E-state index in [0.717, 1.165) is 23.6 Å². The smallest absolute Gasteiger partial charge is 0.415 e. The third kappa shape index (κ3) is 6.12. The number of amides is 1. The molecule has 1 amide bonds. The van der Waals surface area contributed by atoms with Crippen LogP contribution in [0.4, 0.5) is 9.18 Å². The summed E-state index contributed by atoms with van der Waals surface area (Å²) in [5, 5.41) is 26.6. The number of aliphatic hydroxyl groups excluding tert-OH is 1. The van der Waals surface area contributed by atoms with Crippen molar-refractivity contribution in [3.05, 3.63) is 125 Å². The zero-order valence-corrected chi connectivity index (χ0v) is 35.4. The summed E-state index contributed by atoms with van der Waals surface area (Å²) in [6.45, 7) is 4.51. The molecule has 10 heteroatoms. The summed E-state index contributed by atoms with van der Waals surface area (Å²) in [5.74, 6) is 0.671. The number of carbonyl (C=O) groups excluding carboxylic acids is 2. The summed E-state index contributed by atoms with van der Waals surface area (Å²) >= 11 is 6.52. The summed E-state index contributed by atoms with van der Waals surface area (Å²) in [5.41, 5.74) is -2.16. The maximum Gasteiger partial charge on any atom is 0.415 e. The van der Waals surface area contributed by atoms with Gasteiger partial charge >= 0.3 is 6.09 Å². The fourth-order valence-electron chi connectivity index (χ4n) is 12.7. The first-order chi connectivity index (χ1) is 28.7. The molecule has 0 aliphatic heterocycles. The van der Waals surface area contributed by atoms with Crippen molar-refractivity contribution in [2.75, 3.05) is 20.8 Å². The average molecular weight is 834 g/mol. The second kappa shape index (κ2) is 14.7. The highest BCUT2D eigenvalue weighted by molar-refractivity contribution is 6.31. The number of rotatable bonds is 10. The van der Waals surface area contributed by atoms with Gasteiger partial charge in [0.15, 0.2) is 5.78 Å². The molecule has 8 unspecified atom stereocenters. The van der Waals surface area contributed by atoms with Crippen molar-refractivity contribution in [1.82, 2.24) is 4.90 Å². The van der Waals surface area contributed by atoms with E-state index in [4.69, 9.17) is 25.8 Å². The van der Waals surface area contributed by atoms with Crippen LogP contribution in [0.15, 0.2) is 103 Å². The van der Waals surface area contributed by atoms with Crippen LogP contribution in [0, 0.1) is 39.3 Å². The Kier molecular flexibility index (Phi) is 10.00. The van der Waals surface area contributed by atoms with E-state index in [1.807, 2.05) is 48.5 Å². The van der Waals surface area contributed by atoms with E-state index in [1.54, 1.807) is 37.3 Å². The minimum absolute atomic E-state index is 0.0305. The molecule has 0 saturated heterocycles. The first-order valence-electron chi connectivity index (χ1n) is 21.2. The van der Waals surface area contributed by atoms with Crippen molar-refractivity contribution in [2.24, 2.45) is 33.5 Å². The van der Waals surface area contributed by atoms with Gasteiger partial charge in [0, 0.05) is 50.5 Å². The normalized spacial score (nSPS) is 32.4. The molecule has 3 fully saturated rings. The van der Waals surface area contributed by atoms with E-state index >= 15 is 4.39 Å². The third-order valence-electron chi connectivity index (χ3n) is 15.9. The fourth-order valence-corrected chi connectivity index (χ4v) is 12.9. The Morgan fingerprint density at radius 2 is 1.58 bits per heavy atom. The highest BCUT2D eigenvalue weighted by Gasteiger charge is 2.74. The Labute approximate surface area is 356 Å². The highest BCUT2D eigenvalue weighted by atomic mass is 35.5. The maximum absolute atomic E-state index is 15.3. The van der Waals surface area contributed by atoms with E-state index in [-0.39, 0.29) is 53.1 Å². The topological polar surface area (TPSA) is 106 Å². The van der Waals surface area contributed by atoms with Gasteiger partial charge < -0.3 is 29.3 Å². The Morgan fingerprint density at radius 3 is 2.35 bits per heavy atom. The molecule has 8 atom stereocenters. The van der Waals surface area contributed by atoms with Crippen molar-refractivity contribution in [3.63, 3.8) is 0 Å². The van der Waals surface area contributed by atoms with E-state index in [9.17, 15) is 19.8 Å². The molecule has 6 aliphatic carbocycles. The number of carbonyl (C=O) groups is 2. The number of ketones is 1. The van der Waals surface area contributed by atoms with E-state index in [0.29, 0.717) is 60.5 Å². The number of aliphatic hydroxyl groups is 2. The van der Waals surface area contributed by atoms with Crippen LogP contribution in [0.25, 0.3) is 10.8 Å². The lowest BCUT2D eigenvalue weighted by atomic mass is 9.32.